The van der Waals surface area contributed by atoms with Gasteiger partial charge in [0.1, 0.15) is 11.2 Å². The van der Waals surface area contributed by atoms with Gasteiger partial charge in [-0.25, -0.2) is 23.9 Å². The van der Waals surface area contributed by atoms with E-state index in [0.29, 0.717) is 38.2 Å². The molecule has 1 fully saturated rings. The lowest BCUT2D eigenvalue weighted by Crippen LogP contribution is -2.50. The molecule has 0 radical (unpaired) electrons. The van der Waals surface area contributed by atoms with Gasteiger partial charge in [-0.3, -0.25) is 4.79 Å². The summed E-state index contributed by atoms with van der Waals surface area (Å²) >= 11 is 0. The Morgan fingerprint density at radius 3 is 2.43 bits per heavy atom. The lowest BCUT2D eigenvalue weighted by Gasteiger charge is -2.34. The van der Waals surface area contributed by atoms with Gasteiger partial charge in [-0.1, -0.05) is 12.8 Å². The first kappa shape index (κ1) is 29.8. The molecule has 4 heterocycles. The molecule has 0 spiro atoms. The van der Waals surface area contributed by atoms with Gasteiger partial charge < -0.3 is 29.4 Å². The average molecular weight is 586 g/mol. The predicted octanol–water partition coefficient (Wildman–Crippen LogP) is 5.36. The van der Waals surface area contributed by atoms with Crippen molar-refractivity contribution in [2.75, 3.05) is 11.9 Å². The van der Waals surface area contributed by atoms with E-state index >= 15 is 4.39 Å². The molecule has 42 heavy (non-hydrogen) atoms. The van der Waals surface area contributed by atoms with Gasteiger partial charge in [0.05, 0.1) is 37.1 Å². The lowest BCUT2D eigenvalue weighted by atomic mass is 9.90. The summed E-state index contributed by atoms with van der Waals surface area (Å²) in [6, 6.07) is 1.24. The number of imide groups is 1. The molecule has 0 unspecified atom stereocenters. The van der Waals surface area contributed by atoms with Crippen LogP contribution in [0.1, 0.15) is 88.8 Å². The largest absolute Gasteiger partial charge is 0.444 e. The van der Waals surface area contributed by atoms with E-state index in [0.717, 1.165) is 23.4 Å². The summed E-state index contributed by atoms with van der Waals surface area (Å²) in [6.07, 6.45) is 3.65. The van der Waals surface area contributed by atoms with E-state index in [4.69, 9.17) is 14.2 Å². The van der Waals surface area contributed by atoms with Crippen LogP contribution in [0.15, 0.2) is 12.3 Å². The standard InChI is InChI=1S/C30H40FN5O6/c1-29(2,3)41-27(38)33-21-10-8-7-9-20(21)32-25-23(31)19-15-36(28(39)42-30(4,5)6)26(37)22(19)24(34-25)17-13-18-16-40-12-11-35(18)14-17/h13-14,20-21H,7-12,15-16H2,1-6H3,(H,32,34)(H,33,38)/t20-,21+/m1/s1. The summed E-state index contributed by atoms with van der Waals surface area (Å²) in [7, 11) is 0. The van der Waals surface area contributed by atoms with Crippen molar-refractivity contribution in [2.24, 2.45) is 0 Å². The molecule has 228 valence electrons. The van der Waals surface area contributed by atoms with E-state index in [2.05, 4.69) is 15.6 Å². The number of hydrogen-bond donors (Lipinski definition) is 2. The van der Waals surface area contributed by atoms with Crippen LogP contribution < -0.4 is 10.6 Å². The first-order chi connectivity index (χ1) is 19.7. The number of fused-ring (bicyclic) bond motifs is 2. The minimum Gasteiger partial charge on any atom is -0.444 e. The highest BCUT2D eigenvalue weighted by Crippen LogP contribution is 2.38. The second-order valence-corrected chi connectivity index (χ2v) is 13.1. The van der Waals surface area contributed by atoms with Gasteiger partial charge >= 0.3 is 12.2 Å². The smallest absolute Gasteiger partial charge is 0.417 e. The predicted molar refractivity (Wildman–Crippen MR) is 152 cm³/mol. The monoisotopic (exact) mass is 585 g/mol. The van der Waals surface area contributed by atoms with E-state index in [1.165, 1.54) is 0 Å². The van der Waals surface area contributed by atoms with Crippen molar-refractivity contribution in [1.82, 2.24) is 19.8 Å². The molecule has 5 rings (SSSR count). The number of anilines is 1. The van der Waals surface area contributed by atoms with Crippen LogP contribution in [-0.4, -0.2) is 62.4 Å². The molecule has 2 aromatic rings. The van der Waals surface area contributed by atoms with Gasteiger partial charge in [0.2, 0.25) is 0 Å². The Hall–Kier alpha value is -3.67. The molecule has 2 aromatic heterocycles. The summed E-state index contributed by atoms with van der Waals surface area (Å²) in [5, 5.41) is 6.17. The summed E-state index contributed by atoms with van der Waals surface area (Å²) < 4.78 is 34.7. The molecule has 3 amide bonds. The third-order valence-electron chi connectivity index (χ3n) is 7.40. The van der Waals surface area contributed by atoms with E-state index in [1.54, 1.807) is 41.5 Å². The number of nitrogens with zero attached hydrogens (tertiary/aromatic N) is 3. The zero-order chi connectivity index (χ0) is 30.4. The number of ether oxygens (including phenoxy) is 3. The van der Waals surface area contributed by atoms with E-state index in [9.17, 15) is 14.4 Å². The first-order valence-electron chi connectivity index (χ1n) is 14.5. The van der Waals surface area contributed by atoms with Crippen molar-refractivity contribution in [3.63, 3.8) is 0 Å². The summed E-state index contributed by atoms with van der Waals surface area (Å²) in [6.45, 7) is 11.8. The van der Waals surface area contributed by atoms with Crippen molar-refractivity contribution < 1.29 is 33.0 Å². The molecule has 1 saturated carbocycles. The zero-order valence-corrected chi connectivity index (χ0v) is 25.1. The molecule has 3 aliphatic rings. The second-order valence-electron chi connectivity index (χ2n) is 13.1. The number of amides is 3. The Kier molecular flexibility index (Phi) is 7.95. The maximum Gasteiger partial charge on any atom is 0.417 e. The Morgan fingerprint density at radius 1 is 1.07 bits per heavy atom. The van der Waals surface area contributed by atoms with Crippen LogP contribution in [0.3, 0.4) is 0 Å². The normalized spacial score (nSPS) is 20.5. The SMILES string of the molecule is CC(C)(C)OC(=O)N[C@H]1CCCC[C@H]1Nc1nc(-c2cc3n(c2)CCOC3)c2c(c1F)CN(C(=O)OC(C)(C)C)C2=O. The number of carbonyl (C=O) groups excluding carboxylic acids is 3. The highest BCUT2D eigenvalue weighted by molar-refractivity contribution is 6.10. The zero-order valence-electron chi connectivity index (χ0n) is 25.1. The van der Waals surface area contributed by atoms with Crippen molar-refractivity contribution in [3.05, 3.63) is 34.9 Å². The van der Waals surface area contributed by atoms with Crippen molar-refractivity contribution in [2.45, 2.75) is 110 Å². The molecule has 12 heteroatoms. The van der Waals surface area contributed by atoms with Crippen LogP contribution >= 0.6 is 0 Å². The average Bonchev–Trinajstić information content (AvgIpc) is 3.46. The van der Waals surface area contributed by atoms with Crippen LogP contribution in [0.4, 0.5) is 19.8 Å². The molecule has 2 atom stereocenters. The van der Waals surface area contributed by atoms with Crippen LogP contribution in [0.2, 0.25) is 0 Å². The van der Waals surface area contributed by atoms with Crippen molar-refractivity contribution >= 4 is 23.9 Å². The highest BCUT2D eigenvalue weighted by atomic mass is 19.1. The van der Waals surface area contributed by atoms with Gasteiger partial charge in [0.15, 0.2) is 11.6 Å². The van der Waals surface area contributed by atoms with E-state index < -0.39 is 35.1 Å². The van der Waals surface area contributed by atoms with Crippen LogP contribution in [0, 0.1) is 5.82 Å². The summed E-state index contributed by atoms with van der Waals surface area (Å²) in [5.41, 5.74) is 0.441. The van der Waals surface area contributed by atoms with Crippen LogP contribution in [0.25, 0.3) is 11.3 Å². The van der Waals surface area contributed by atoms with Gasteiger partial charge in [0.25, 0.3) is 5.91 Å². The number of pyridine rings is 1. The van der Waals surface area contributed by atoms with Crippen molar-refractivity contribution in [3.8, 4) is 11.3 Å². The molecular formula is C30H40FN5O6. The summed E-state index contributed by atoms with van der Waals surface area (Å²) in [4.78, 5) is 44.7. The fourth-order valence-corrected chi connectivity index (χ4v) is 5.59. The number of halogens is 1. The third kappa shape index (κ3) is 6.38. The van der Waals surface area contributed by atoms with Gasteiger partial charge in [-0.05, 0) is 60.5 Å². The highest BCUT2D eigenvalue weighted by Gasteiger charge is 2.41. The minimum absolute atomic E-state index is 0.0362. The Morgan fingerprint density at radius 2 is 1.76 bits per heavy atom. The van der Waals surface area contributed by atoms with E-state index in [1.807, 2.05) is 16.8 Å². The molecule has 0 aromatic carbocycles. The number of nitrogens with one attached hydrogen (secondary N) is 2. The molecule has 11 nitrogen and oxygen atoms in total. The molecule has 2 N–H and O–H groups in total. The first-order valence-corrected chi connectivity index (χ1v) is 14.5. The molecule has 0 saturated heterocycles. The van der Waals surface area contributed by atoms with Crippen LogP contribution in [0.5, 0.6) is 0 Å². The second kappa shape index (κ2) is 11.2. The summed E-state index contributed by atoms with van der Waals surface area (Å²) in [5.74, 6) is -1.40. The maximum atomic E-state index is 16.2. The van der Waals surface area contributed by atoms with Gasteiger partial charge in [0, 0.05) is 35.6 Å². The number of alkyl carbamates (subject to hydrolysis) is 1. The minimum atomic E-state index is -0.845. The van der Waals surface area contributed by atoms with Crippen molar-refractivity contribution in [1.29, 1.82) is 0 Å². The quantitative estimate of drug-likeness (QED) is 0.492. The van der Waals surface area contributed by atoms with Gasteiger partial charge in [-0.2, -0.15) is 0 Å². The Labute approximate surface area is 245 Å². The number of aromatic nitrogens is 2. The fourth-order valence-electron chi connectivity index (χ4n) is 5.59. The number of rotatable bonds is 4. The third-order valence-corrected chi connectivity index (χ3v) is 7.40. The molecular weight excluding hydrogens is 545 g/mol. The van der Waals surface area contributed by atoms with E-state index in [-0.39, 0.29) is 41.3 Å². The molecule has 2 aliphatic heterocycles. The number of carbonyl (C=O) groups is 3. The fraction of sp³-hybridized carbons (Fsp3) is 0.600. The Balaban J connectivity index is 1.51. The maximum absolute atomic E-state index is 16.2. The number of hydrogen-bond acceptors (Lipinski definition) is 8. The molecule has 0 bridgehead atoms. The van der Waals surface area contributed by atoms with Crippen LogP contribution in [-0.2, 0) is 33.9 Å². The Bertz CT molecular complexity index is 1370. The molecule has 1 aliphatic carbocycles. The lowest BCUT2D eigenvalue weighted by molar-refractivity contribution is 0.0247. The van der Waals surface area contributed by atoms with Gasteiger partial charge in [-0.15, -0.1) is 0 Å². The topological polar surface area (TPSA) is 124 Å².